The molecular weight excluding hydrogens is 643 g/mol. The van der Waals surface area contributed by atoms with Crippen LogP contribution in [0.5, 0.6) is 0 Å². The van der Waals surface area contributed by atoms with Crippen molar-refractivity contribution < 1.29 is 33.1 Å². The molecule has 0 bridgehead atoms. The van der Waals surface area contributed by atoms with Crippen molar-refractivity contribution in [1.29, 1.82) is 0 Å². The molecule has 0 spiro atoms. The van der Waals surface area contributed by atoms with E-state index in [2.05, 4.69) is 10.6 Å². The number of primary amides is 1. The Hall–Kier alpha value is -4.76. The number of aromatic carboxylic acids is 1. The highest BCUT2D eigenvalue weighted by atomic mass is 32.2. The van der Waals surface area contributed by atoms with Crippen LogP contribution < -0.4 is 16.4 Å². The molecule has 2 saturated heterocycles. The molecule has 220 valence electrons. The fourth-order valence-corrected chi connectivity index (χ4v) is 5.95. The van der Waals surface area contributed by atoms with Crippen molar-refractivity contribution in [2.24, 2.45) is 5.73 Å². The van der Waals surface area contributed by atoms with Gasteiger partial charge < -0.3 is 30.3 Å². The number of carbonyl (C=O) groups excluding carboxylic acids is 3. The third-order valence-corrected chi connectivity index (χ3v) is 8.24. The summed E-state index contributed by atoms with van der Waals surface area (Å²) in [5, 5.41) is 14.1. The number of thiocarbonyl (C=S) groups is 2. The number of furan rings is 2. The van der Waals surface area contributed by atoms with Gasteiger partial charge in [0.25, 0.3) is 11.8 Å². The predicted octanol–water partition coefficient (Wildman–Crippen LogP) is 5.67. The van der Waals surface area contributed by atoms with E-state index >= 15 is 0 Å². The number of hydrogen-bond donors (Lipinski definition) is 4. The van der Waals surface area contributed by atoms with Crippen LogP contribution in [0.3, 0.4) is 0 Å². The third kappa shape index (κ3) is 7.41. The summed E-state index contributed by atoms with van der Waals surface area (Å²) in [5.74, 6) is 0.165. The lowest BCUT2D eigenvalue weighted by atomic mass is 10.1. The van der Waals surface area contributed by atoms with Gasteiger partial charge in [0.1, 0.15) is 31.7 Å². The maximum Gasteiger partial charge on any atom is 0.335 e. The number of benzene rings is 2. The van der Waals surface area contributed by atoms with Crippen molar-refractivity contribution in [2.45, 2.75) is 0 Å². The molecule has 6 rings (SSSR count). The lowest BCUT2D eigenvalue weighted by molar-refractivity contribution is -0.116. The predicted molar refractivity (Wildman–Crippen MR) is 176 cm³/mol. The molecule has 4 aromatic rings. The van der Waals surface area contributed by atoms with Crippen LogP contribution in [0.25, 0.3) is 34.8 Å². The maximum atomic E-state index is 11.6. The summed E-state index contributed by atoms with van der Waals surface area (Å²) < 4.78 is 12.2. The normalized spacial score (nSPS) is 16.1. The Morgan fingerprint density at radius 2 is 1.18 bits per heavy atom. The van der Waals surface area contributed by atoms with E-state index in [4.69, 9.17) is 44.1 Å². The first-order chi connectivity index (χ1) is 21.0. The van der Waals surface area contributed by atoms with E-state index in [9.17, 15) is 19.2 Å². The van der Waals surface area contributed by atoms with Crippen molar-refractivity contribution in [1.82, 2.24) is 10.6 Å². The maximum absolute atomic E-state index is 11.6. The SMILES string of the molecule is NC(=O)c1cccc(-c2ccc(/C=C3\SC(=S)NC3=O)o2)c1.O=C1NC(=S)S/C1=C\c1ccc(-c2cccc(C(=O)O)c2)o1. The van der Waals surface area contributed by atoms with Gasteiger partial charge in [-0.25, -0.2) is 4.79 Å². The monoisotopic (exact) mass is 661 g/mol. The Kier molecular flexibility index (Phi) is 9.25. The van der Waals surface area contributed by atoms with Gasteiger partial charge in [-0.1, -0.05) is 72.2 Å². The Balaban J connectivity index is 0.000000175. The molecule has 0 radical (unpaired) electrons. The summed E-state index contributed by atoms with van der Waals surface area (Å²) in [6, 6.07) is 20.2. The van der Waals surface area contributed by atoms with Crippen LogP contribution >= 0.6 is 48.0 Å². The molecule has 2 aromatic heterocycles. The Labute approximate surface area is 268 Å². The molecule has 0 atom stereocenters. The first kappa shape index (κ1) is 30.7. The molecule has 0 aliphatic carbocycles. The Morgan fingerprint density at radius 1 is 0.727 bits per heavy atom. The van der Waals surface area contributed by atoms with Crippen LogP contribution in [0.1, 0.15) is 32.2 Å². The molecule has 3 amide bonds. The van der Waals surface area contributed by atoms with Crippen LogP contribution in [0.15, 0.2) is 91.4 Å². The second kappa shape index (κ2) is 13.3. The molecule has 4 heterocycles. The molecule has 14 heteroatoms. The Morgan fingerprint density at radius 3 is 1.59 bits per heavy atom. The number of thioether (sulfide) groups is 2. The number of hydrogen-bond acceptors (Lipinski definition) is 10. The summed E-state index contributed by atoms with van der Waals surface area (Å²) in [4.78, 5) is 46.3. The minimum Gasteiger partial charge on any atom is -0.478 e. The second-order valence-corrected chi connectivity index (χ2v) is 12.4. The standard InChI is InChI=1S/C15H10N2O3S2.C15H9NO4S2/c16-13(18)9-3-1-2-8(6-9)11-5-4-10(20-11)7-12-14(19)17-15(21)22-12;17-13-12(22-15(21)16-13)7-10-4-5-11(20-10)8-2-1-3-9(6-8)14(18)19/h1-7H,(H2,16,18)(H,17,19,21);1-7H,(H,18,19)(H,16,17,21)/b2*12-7-. The third-order valence-electron chi connectivity index (χ3n) is 5.91. The quantitative estimate of drug-likeness (QED) is 0.149. The van der Waals surface area contributed by atoms with E-state index in [-0.39, 0.29) is 17.4 Å². The van der Waals surface area contributed by atoms with Crippen LogP contribution in [0.4, 0.5) is 0 Å². The highest BCUT2D eigenvalue weighted by Crippen LogP contribution is 2.30. The van der Waals surface area contributed by atoms with Gasteiger partial charge in [0.05, 0.1) is 15.4 Å². The van der Waals surface area contributed by atoms with E-state index in [1.807, 2.05) is 6.07 Å². The smallest absolute Gasteiger partial charge is 0.335 e. The molecular formula is C30H19N3O7S4. The van der Waals surface area contributed by atoms with Gasteiger partial charge in [0.2, 0.25) is 5.91 Å². The van der Waals surface area contributed by atoms with Gasteiger partial charge >= 0.3 is 5.97 Å². The number of nitrogens with two attached hydrogens (primary N) is 1. The van der Waals surface area contributed by atoms with Gasteiger partial charge in [-0.05, 0) is 48.5 Å². The zero-order chi connectivity index (χ0) is 31.4. The van der Waals surface area contributed by atoms with E-state index in [1.165, 1.54) is 35.7 Å². The molecule has 0 unspecified atom stereocenters. The number of amides is 3. The lowest BCUT2D eigenvalue weighted by Gasteiger charge is -1.99. The highest BCUT2D eigenvalue weighted by Gasteiger charge is 2.23. The fourth-order valence-electron chi connectivity index (χ4n) is 3.90. The van der Waals surface area contributed by atoms with Gasteiger partial charge in [-0.3, -0.25) is 14.4 Å². The van der Waals surface area contributed by atoms with Gasteiger partial charge in [-0.2, -0.15) is 0 Å². The topological polar surface area (TPSA) is 165 Å². The van der Waals surface area contributed by atoms with Crippen molar-refractivity contribution in [3.63, 3.8) is 0 Å². The van der Waals surface area contributed by atoms with Gasteiger partial charge in [0.15, 0.2) is 0 Å². The highest BCUT2D eigenvalue weighted by molar-refractivity contribution is 8.27. The number of carboxylic acids is 1. The minimum absolute atomic E-state index is 0.185. The van der Waals surface area contributed by atoms with E-state index in [0.717, 1.165) is 5.56 Å². The van der Waals surface area contributed by atoms with E-state index in [0.29, 0.717) is 52.6 Å². The van der Waals surface area contributed by atoms with E-state index in [1.54, 1.807) is 66.7 Å². The molecule has 2 aromatic carbocycles. The van der Waals surface area contributed by atoms with Crippen LogP contribution in [-0.4, -0.2) is 37.4 Å². The van der Waals surface area contributed by atoms with Crippen LogP contribution in [-0.2, 0) is 9.59 Å². The summed E-state index contributed by atoms with van der Waals surface area (Å²) in [6.45, 7) is 0. The molecule has 10 nitrogen and oxygen atoms in total. The Bertz CT molecular complexity index is 1780. The second-order valence-electron chi connectivity index (χ2n) is 8.94. The average Bonchev–Trinajstić information content (AvgIpc) is 3.78. The zero-order valence-corrected chi connectivity index (χ0v) is 25.5. The zero-order valence-electron chi connectivity index (χ0n) is 22.2. The molecule has 44 heavy (non-hydrogen) atoms. The first-order valence-electron chi connectivity index (χ1n) is 12.5. The van der Waals surface area contributed by atoms with Gasteiger partial charge in [0, 0.05) is 28.8 Å². The molecule has 2 fully saturated rings. The van der Waals surface area contributed by atoms with Gasteiger partial charge in [-0.15, -0.1) is 0 Å². The van der Waals surface area contributed by atoms with Crippen molar-refractivity contribution in [3.8, 4) is 22.6 Å². The summed E-state index contributed by atoms with van der Waals surface area (Å²) >= 11 is 12.2. The number of carbonyl (C=O) groups is 4. The molecule has 2 aliphatic rings. The van der Waals surface area contributed by atoms with E-state index < -0.39 is 11.9 Å². The molecule has 0 saturated carbocycles. The summed E-state index contributed by atoms with van der Waals surface area (Å²) in [6.07, 6.45) is 3.23. The molecule has 5 N–H and O–H groups in total. The van der Waals surface area contributed by atoms with Crippen molar-refractivity contribution in [2.75, 3.05) is 0 Å². The van der Waals surface area contributed by atoms with Crippen molar-refractivity contribution in [3.05, 3.63) is 105 Å². The molecule has 2 aliphatic heterocycles. The first-order valence-corrected chi connectivity index (χ1v) is 14.9. The average molecular weight is 662 g/mol. The summed E-state index contributed by atoms with van der Waals surface area (Å²) in [7, 11) is 0. The number of rotatable bonds is 6. The van der Waals surface area contributed by atoms with Crippen LogP contribution in [0, 0.1) is 0 Å². The minimum atomic E-state index is -0.997. The van der Waals surface area contributed by atoms with Crippen LogP contribution in [0.2, 0.25) is 0 Å². The number of nitrogens with one attached hydrogen (secondary N) is 2. The summed E-state index contributed by atoms with van der Waals surface area (Å²) in [5.41, 5.74) is 7.25. The number of carboxylic acid groups (broad SMARTS) is 1. The van der Waals surface area contributed by atoms with Crippen molar-refractivity contribution >= 4 is 92.4 Å². The lowest BCUT2D eigenvalue weighted by Crippen LogP contribution is -2.17. The fraction of sp³-hybridized carbons (Fsp3) is 0. The largest absolute Gasteiger partial charge is 0.478 e.